The Labute approximate surface area is 187 Å². The smallest absolute Gasteiger partial charge is 0.270 e. The average molecular weight is 444 g/mol. The van der Waals surface area contributed by atoms with Crippen LogP contribution in [0.25, 0.3) is 6.08 Å². The van der Waals surface area contributed by atoms with Crippen LogP contribution in [0.3, 0.4) is 0 Å². The van der Waals surface area contributed by atoms with Gasteiger partial charge < -0.3 is 4.74 Å². The minimum absolute atomic E-state index is 0.182. The molecule has 1 aliphatic rings. The third-order valence-electron chi connectivity index (χ3n) is 4.83. The van der Waals surface area contributed by atoms with Crippen molar-refractivity contribution in [2.45, 2.75) is 45.4 Å². The third kappa shape index (κ3) is 5.92. The van der Waals surface area contributed by atoms with Crippen LogP contribution in [0.1, 0.15) is 51.0 Å². The third-order valence-corrected chi connectivity index (χ3v) is 6.13. The van der Waals surface area contributed by atoms with Gasteiger partial charge in [-0.3, -0.25) is 9.69 Å². The monoisotopic (exact) mass is 443 g/mol. The number of rotatable bonds is 10. The van der Waals surface area contributed by atoms with Gasteiger partial charge in [-0.1, -0.05) is 87.3 Å². The van der Waals surface area contributed by atoms with Crippen LogP contribution in [0.15, 0.2) is 53.4 Å². The summed E-state index contributed by atoms with van der Waals surface area (Å²) in [5.74, 6) is 0.0417. The summed E-state index contributed by atoms with van der Waals surface area (Å²) >= 11 is 6.49. The lowest BCUT2D eigenvalue weighted by Gasteiger charge is -2.14. The van der Waals surface area contributed by atoms with E-state index in [2.05, 4.69) is 6.92 Å². The number of hydrogen-bond donors (Lipinski definition) is 0. The predicted molar refractivity (Wildman–Crippen MR) is 127 cm³/mol. The Bertz CT molecular complexity index is 912. The standard InChI is InChI=1S/C24H26FNO2S2/c1-2-3-4-5-6-9-16-28-19-14-12-18(13-15-19)17-22-23(27)26(24(29)30-22)21-11-8-7-10-20(21)25/h7-8,10-15,17H,2-6,9,16H2,1H3/b22-17-. The molecule has 0 spiro atoms. The van der Waals surface area contributed by atoms with Crippen molar-refractivity contribution in [2.24, 2.45) is 0 Å². The summed E-state index contributed by atoms with van der Waals surface area (Å²) in [6.07, 6.45) is 9.16. The number of benzene rings is 2. The van der Waals surface area contributed by atoms with Gasteiger partial charge in [-0.2, -0.15) is 0 Å². The Kier molecular flexibility index (Phi) is 8.46. The number of thiocarbonyl (C=S) groups is 1. The number of para-hydroxylation sites is 1. The normalized spacial score (nSPS) is 15.3. The molecule has 0 saturated carbocycles. The van der Waals surface area contributed by atoms with Crippen molar-refractivity contribution in [3.05, 3.63) is 64.8 Å². The van der Waals surface area contributed by atoms with Gasteiger partial charge in [-0.05, 0) is 42.3 Å². The molecule has 3 rings (SSSR count). The van der Waals surface area contributed by atoms with Gasteiger partial charge >= 0.3 is 0 Å². The van der Waals surface area contributed by atoms with Crippen molar-refractivity contribution in [2.75, 3.05) is 11.5 Å². The molecular weight excluding hydrogens is 417 g/mol. The molecule has 0 aromatic heterocycles. The van der Waals surface area contributed by atoms with E-state index in [4.69, 9.17) is 17.0 Å². The second-order valence-electron chi connectivity index (χ2n) is 7.15. The lowest BCUT2D eigenvalue weighted by molar-refractivity contribution is -0.113. The molecule has 30 heavy (non-hydrogen) atoms. The van der Waals surface area contributed by atoms with E-state index in [0.717, 1.165) is 17.7 Å². The molecular formula is C24H26FNO2S2. The number of carbonyl (C=O) groups is 1. The Balaban J connectivity index is 1.56. The Morgan fingerprint density at radius 3 is 2.47 bits per heavy atom. The SMILES string of the molecule is CCCCCCCCOc1ccc(/C=C2\SC(=S)N(c3ccccc3F)C2=O)cc1. The number of hydrogen-bond acceptors (Lipinski definition) is 4. The lowest BCUT2D eigenvalue weighted by Crippen LogP contribution is -2.28. The molecule has 0 radical (unpaired) electrons. The van der Waals surface area contributed by atoms with Crippen molar-refractivity contribution < 1.29 is 13.9 Å². The summed E-state index contributed by atoms with van der Waals surface area (Å²) < 4.78 is 20.2. The number of ether oxygens (including phenoxy) is 1. The van der Waals surface area contributed by atoms with Crippen molar-refractivity contribution in [1.82, 2.24) is 0 Å². The molecule has 0 atom stereocenters. The van der Waals surface area contributed by atoms with E-state index in [1.54, 1.807) is 24.3 Å². The zero-order valence-electron chi connectivity index (χ0n) is 17.1. The summed E-state index contributed by atoms with van der Waals surface area (Å²) in [5, 5.41) is 0. The van der Waals surface area contributed by atoms with Crippen LogP contribution in [0.2, 0.25) is 0 Å². The first-order valence-corrected chi connectivity index (χ1v) is 11.6. The number of thioether (sulfide) groups is 1. The van der Waals surface area contributed by atoms with E-state index >= 15 is 0 Å². The van der Waals surface area contributed by atoms with Crippen LogP contribution in [-0.4, -0.2) is 16.8 Å². The number of unbranched alkanes of at least 4 members (excludes halogenated alkanes) is 5. The van der Waals surface area contributed by atoms with Crippen molar-refractivity contribution in [3.8, 4) is 5.75 Å². The summed E-state index contributed by atoms with van der Waals surface area (Å²) in [5.41, 5.74) is 1.05. The van der Waals surface area contributed by atoms with Gasteiger partial charge in [0.1, 0.15) is 11.6 Å². The second-order valence-corrected chi connectivity index (χ2v) is 8.83. The van der Waals surface area contributed by atoms with Crippen molar-refractivity contribution >= 4 is 46.0 Å². The maximum absolute atomic E-state index is 14.1. The van der Waals surface area contributed by atoms with Crippen LogP contribution in [0.5, 0.6) is 5.75 Å². The van der Waals surface area contributed by atoms with Crippen LogP contribution in [-0.2, 0) is 4.79 Å². The average Bonchev–Trinajstić information content (AvgIpc) is 3.02. The highest BCUT2D eigenvalue weighted by Crippen LogP contribution is 2.37. The molecule has 1 fully saturated rings. The number of amides is 1. The summed E-state index contributed by atoms with van der Waals surface area (Å²) in [4.78, 5) is 14.5. The lowest BCUT2D eigenvalue weighted by atomic mass is 10.1. The molecule has 6 heteroatoms. The highest BCUT2D eigenvalue weighted by atomic mass is 32.2. The largest absolute Gasteiger partial charge is 0.494 e. The summed E-state index contributed by atoms with van der Waals surface area (Å²) in [7, 11) is 0. The van der Waals surface area contributed by atoms with Crippen LogP contribution in [0.4, 0.5) is 10.1 Å². The Morgan fingerprint density at radius 2 is 1.73 bits per heavy atom. The van der Waals surface area contributed by atoms with Gasteiger partial charge in [0.15, 0.2) is 4.32 Å². The molecule has 0 bridgehead atoms. The molecule has 0 aliphatic carbocycles. The van der Waals surface area contributed by atoms with E-state index in [1.165, 1.54) is 54.8 Å². The minimum atomic E-state index is -0.470. The molecule has 0 N–H and O–H groups in total. The molecule has 158 valence electrons. The molecule has 1 saturated heterocycles. The van der Waals surface area contributed by atoms with E-state index in [-0.39, 0.29) is 11.6 Å². The molecule has 1 amide bonds. The van der Waals surface area contributed by atoms with Crippen molar-refractivity contribution in [1.29, 1.82) is 0 Å². The maximum atomic E-state index is 14.1. The second kappa shape index (κ2) is 11.3. The molecule has 1 heterocycles. The van der Waals surface area contributed by atoms with Crippen LogP contribution >= 0.6 is 24.0 Å². The van der Waals surface area contributed by atoms with Gasteiger partial charge in [-0.25, -0.2) is 4.39 Å². The Hall–Kier alpha value is -2.18. The molecule has 3 nitrogen and oxygen atoms in total. The fourth-order valence-electron chi connectivity index (χ4n) is 3.19. The highest BCUT2D eigenvalue weighted by Gasteiger charge is 2.34. The number of anilines is 1. The number of carbonyl (C=O) groups excluding carboxylic acids is 1. The van der Waals surface area contributed by atoms with Crippen molar-refractivity contribution in [3.63, 3.8) is 0 Å². The van der Waals surface area contributed by atoms with E-state index in [0.29, 0.717) is 15.8 Å². The number of nitrogens with zero attached hydrogens (tertiary/aromatic N) is 1. The quantitative estimate of drug-likeness (QED) is 0.225. The minimum Gasteiger partial charge on any atom is -0.494 e. The first kappa shape index (κ1) is 22.5. The van der Waals surface area contributed by atoms with E-state index < -0.39 is 5.82 Å². The molecule has 0 unspecified atom stereocenters. The fraction of sp³-hybridized carbons (Fsp3) is 0.333. The fourth-order valence-corrected chi connectivity index (χ4v) is 4.48. The predicted octanol–water partition coefficient (Wildman–Crippen LogP) is 6.97. The summed E-state index contributed by atoms with van der Waals surface area (Å²) in [6, 6.07) is 13.8. The van der Waals surface area contributed by atoms with Crippen LogP contribution < -0.4 is 9.64 Å². The first-order valence-electron chi connectivity index (χ1n) is 10.4. The summed E-state index contributed by atoms with van der Waals surface area (Å²) in [6.45, 7) is 2.93. The first-order chi connectivity index (χ1) is 14.6. The van der Waals surface area contributed by atoms with Crippen LogP contribution in [0, 0.1) is 5.82 Å². The Morgan fingerprint density at radius 1 is 1.03 bits per heavy atom. The maximum Gasteiger partial charge on any atom is 0.270 e. The van der Waals surface area contributed by atoms with Gasteiger partial charge in [0.2, 0.25) is 0 Å². The van der Waals surface area contributed by atoms with Gasteiger partial charge in [0.25, 0.3) is 5.91 Å². The van der Waals surface area contributed by atoms with E-state index in [1.807, 2.05) is 24.3 Å². The van der Waals surface area contributed by atoms with Gasteiger partial charge in [0.05, 0.1) is 17.2 Å². The molecule has 2 aromatic carbocycles. The molecule has 1 aliphatic heterocycles. The topological polar surface area (TPSA) is 29.5 Å². The molecule has 2 aromatic rings. The number of halogens is 1. The van der Waals surface area contributed by atoms with Gasteiger partial charge in [0, 0.05) is 0 Å². The highest BCUT2D eigenvalue weighted by molar-refractivity contribution is 8.27. The van der Waals surface area contributed by atoms with Gasteiger partial charge in [-0.15, -0.1) is 0 Å². The zero-order chi connectivity index (χ0) is 21.3. The zero-order valence-corrected chi connectivity index (χ0v) is 18.7. The van der Waals surface area contributed by atoms with E-state index in [9.17, 15) is 9.18 Å².